The first-order valence-corrected chi connectivity index (χ1v) is 8.07. The van der Waals surface area contributed by atoms with Crippen LogP contribution in [-0.4, -0.2) is 30.6 Å². The Morgan fingerprint density at radius 1 is 1.24 bits per heavy atom. The van der Waals surface area contributed by atoms with E-state index in [1.807, 2.05) is 37.3 Å². The van der Waals surface area contributed by atoms with E-state index in [0.29, 0.717) is 12.6 Å². The van der Waals surface area contributed by atoms with E-state index in [1.54, 1.807) is 0 Å². The van der Waals surface area contributed by atoms with Crippen LogP contribution in [0, 0.1) is 5.92 Å². The summed E-state index contributed by atoms with van der Waals surface area (Å²) >= 11 is 0. The first kappa shape index (κ1) is 16.0. The van der Waals surface area contributed by atoms with Gasteiger partial charge in [0.05, 0.1) is 6.61 Å². The van der Waals surface area contributed by atoms with Gasteiger partial charge in [0.25, 0.3) is 0 Å². The Hall–Kier alpha value is -1.35. The maximum atomic E-state index is 12.4. The van der Waals surface area contributed by atoms with Gasteiger partial charge < -0.3 is 4.74 Å². The average Bonchev–Trinajstić information content (AvgIpc) is 2.49. The molecule has 116 valence electrons. The van der Waals surface area contributed by atoms with Gasteiger partial charge in [0.15, 0.2) is 0 Å². The number of ether oxygens (including phenoxy) is 1. The number of likely N-dealkylation sites (N-methyl/N-ethyl adjacent to an activating group) is 1. The van der Waals surface area contributed by atoms with Crippen molar-refractivity contribution in [3.05, 3.63) is 35.9 Å². The fourth-order valence-electron chi connectivity index (χ4n) is 3.25. The van der Waals surface area contributed by atoms with E-state index < -0.39 is 0 Å². The Morgan fingerprint density at radius 3 is 2.43 bits per heavy atom. The van der Waals surface area contributed by atoms with Crippen LogP contribution in [0.5, 0.6) is 0 Å². The maximum Gasteiger partial charge on any atom is 0.327 e. The third-order valence-electron chi connectivity index (χ3n) is 4.59. The summed E-state index contributed by atoms with van der Waals surface area (Å²) in [6.07, 6.45) is 4.83. The molecule has 0 N–H and O–H groups in total. The van der Waals surface area contributed by atoms with Crippen molar-refractivity contribution in [3.63, 3.8) is 0 Å². The molecule has 3 nitrogen and oxygen atoms in total. The molecule has 3 heteroatoms. The summed E-state index contributed by atoms with van der Waals surface area (Å²) in [5, 5.41) is 0. The van der Waals surface area contributed by atoms with E-state index in [4.69, 9.17) is 4.74 Å². The molecular formula is C18H27NO2. The van der Waals surface area contributed by atoms with Crippen molar-refractivity contribution < 1.29 is 9.53 Å². The number of rotatable bonds is 5. The van der Waals surface area contributed by atoms with E-state index in [0.717, 1.165) is 11.5 Å². The predicted octanol–water partition coefficient (Wildman–Crippen LogP) is 3.80. The standard InChI is InChI=1S/C18H27NO2/c1-4-21-18(20)17(15-8-6-5-7-9-15)19(3)16-12-10-14(2)11-13-16/h5-9,14,16-17H,4,10-13H2,1-3H3. The van der Waals surface area contributed by atoms with Gasteiger partial charge in [0, 0.05) is 6.04 Å². The Labute approximate surface area is 128 Å². The van der Waals surface area contributed by atoms with Gasteiger partial charge in [-0.25, -0.2) is 4.79 Å². The van der Waals surface area contributed by atoms with E-state index >= 15 is 0 Å². The normalized spacial score (nSPS) is 23.8. The summed E-state index contributed by atoms with van der Waals surface area (Å²) in [4.78, 5) is 14.6. The molecule has 2 rings (SSSR count). The van der Waals surface area contributed by atoms with Gasteiger partial charge in [-0.1, -0.05) is 37.3 Å². The van der Waals surface area contributed by atoms with Gasteiger partial charge >= 0.3 is 5.97 Å². The molecule has 1 aromatic carbocycles. The lowest BCUT2D eigenvalue weighted by molar-refractivity contribution is -0.150. The molecule has 0 amide bonds. The Balaban J connectivity index is 2.16. The minimum absolute atomic E-state index is 0.134. The Bertz CT molecular complexity index is 438. The second-order valence-corrected chi connectivity index (χ2v) is 6.14. The molecule has 1 fully saturated rings. The quantitative estimate of drug-likeness (QED) is 0.772. The largest absolute Gasteiger partial charge is 0.465 e. The molecule has 1 saturated carbocycles. The first-order chi connectivity index (χ1) is 10.1. The van der Waals surface area contributed by atoms with Crippen molar-refractivity contribution >= 4 is 5.97 Å². The van der Waals surface area contributed by atoms with Crippen LogP contribution in [-0.2, 0) is 9.53 Å². The minimum atomic E-state index is -0.287. The number of carbonyl (C=O) groups is 1. The van der Waals surface area contributed by atoms with Crippen molar-refractivity contribution in [1.29, 1.82) is 0 Å². The lowest BCUT2D eigenvalue weighted by Gasteiger charge is -2.37. The highest BCUT2D eigenvalue weighted by atomic mass is 16.5. The molecule has 0 saturated heterocycles. The van der Waals surface area contributed by atoms with Crippen molar-refractivity contribution in [2.24, 2.45) is 5.92 Å². The topological polar surface area (TPSA) is 29.5 Å². The van der Waals surface area contributed by atoms with Gasteiger partial charge in [0.2, 0.25) is 0 Å². The molecule has 21 heavy (non-hydrogen) atoms. The lowest BCUT2D eigenvalue weighted by Crippen LogP contribution is -2.41. The molecule has 0 radical (unpaired) electrons. The SMILES string of the molecule is CCOC(=O)C(c1ccccc1)N(C)C1CCC(C)CC1. The van der Waals surface area contributed by atoms with Gasteiger partial charge in [-0.2, -0.15) is 0 Å². The summed E-state index contributed by atoms with van der Waals surface area (Å²) in [6.45, 7) is 4.61. The zero-order valence-corrected chi connectivity index (χ0v) is 13.4. The molecule has 0 aromatic heterocycles. The van der Waals surface area contributed by atoms with Crippen LogP contribution in [0.2, 0.25) is 0 Å². The number of hydrogen-bond acceptors (Lipinski definition) is 3. The summed E-state index contributed by atoms with van der Waals surface area (Å²) in [6, 6.07) is 10.2. The number of esters is 1. The molecule has 0 heterocycles. The second kappa shape index (κ2) is 7.60. The van der Waals surface area contributed by atoms with Crippen LogP contribution in [0.3, 0.4) is 0 Å². The molecule has 1 aliphatic rings. The highest BCUT2D eigenvalue weighted by Crippen LogP contribution is 2.32. The highest BCUT2D eigenvalue weighted by Gasteiger charge is 2.32. The molecule has 1 atom stereocenters. The van der Waals surface area contributed by atoms with E-state index in [9.17, 15) is 4.79 Å². The molecule has 1 aliphatic carbocycles. The van der Waals surface area contributed by atoms with Crippen LogP contribution in [0.4, 0.5) is 0 Å². The zero-order valence-electron chi connectivity index (χ0n) is 13.4. The zero-order chi connectivity index (χ0) is 15.2. The second-order valence-electron chi connectivity index (χ2n) is 6.14. The predicted molar refractivity (Wildman–Crippen MR) is 85.0 cm³/mol. The van der Waals surface area contributed by atoms with Crippen LogP contribution in [0.15, 0.2) is 30.3 Å². The van der Waals surface area contributed by atoms with Crippen molar-refractivity contribution in [3.8, 4) is 0 Å². The Kier molecular flexibility index (Phi) is 5.80. The van der Waals surface area contributed by atoms with Crippen molar-refractivity contribution in [2.45, 2.75) is 51.6 Å². The molecular weight excluding hydrogens is 262 g/mol. The van der Waals surface area contributed by atoms with Crippen LogP contribution in [0.25, 0.3) is 0 Å². The van der Waals surface area contributed by atoms with Gasteiger partial charge in [-0.3, -0.25) is 4.90 Å². The maximum absolute atomic E-state index is 12.4. The number of hydrogen-bond donors (Lipinski definition) is 0. The van der Waals surface area contributed by atoms with Crippen LogP contribution < -0.4 is 0 Å². The summed E-state index contributed by atoms with van der Waals surface area (Å²) in [5.74, 6) is 0.678. The summed E-state index contributed by atoms with van der Waals surface area (Å²) < 4.78 is 5.31. The fraction of sp³-hybridized carbons (Fsp3) is 0.611. The average molecular weight is 289 g/mol. The van der Waals surface area contributed by atoms with Gasteiger partial charge in [-0.05, 0) is 51.1 Å². The number of carbonyl (C=O) groups excluding carboxylic acids is 1. The lowest BCUT2D eigenvalue weighted by atomic mass is 9.86. The molecule has 0 spiro atoms. The molecule has 1 aromatic rings. The highest BCUT2D eigenvalue weighted by molar-refractivity contribution is 5.77. The van der Waals surface area contributed by atoms with Crippen LogP contribution in [0.1, 0.15) is 51.1 Å². The third-order valence-corrected chi connectivity index (χ3v) is 4.59. The monoisotopic (exact) mass is 289 g/mol. The smallest absolute Gasteiger partial charge is 0.327 e. The first-order valence-electron chi connectivity index (χ1n) is 8.07. The number of benzene rings is 1. The fourth-order valence-corrected chi connectivity index (χ4v) is 3.25. The van der Waals surface area contributed by atoms with Gasteiger partial charge in [0.1, 0.15) is 6.04 Å². The van der Waals surface area contributed by atoms with Crippen LogP contribution >= 0.6 is 0 Å². The van der Waals surface area contributed by atoms with E-state index in [-0.39, 0.29) is 12.0 Å². The molecule has 0 bridgehead atoms. The summed E-state index contributed by atoms with van der Waals surface area (Å²) in [7, 11) is 2.06. The van der Waals surface area contributed by atoms with Gasteiger partial charge in [-0.15, -0.1) is 0 Å². The third kappa shape index (κ3) is 4.07. The van der Waals surface area contributed by atoms with Crippen molar-refractivity contribution in [2.75, 3.05) is 13.7 Å². The number of nitrogens with zero attached hydrogens (tertiary/aromatic N) is 1. The van der Waals surface area contributed by atoms with E-state index in [2.05, 4.69) is 18.9 Å². The molecule has 1 unspecified atom stereocenters. The molecule has 0 aliphatic heterocycles. The summed E-state index contributed by atoms with van der Waals surface area (Å²) in [5.41, 5.74) is 1.03. The Morgan fingerprint density at radius 2 is 1.86 bits per heavy atom. The van der Waals surface area contributed by atoms with E-state index in [1.165, 1.54) is 25.7 Å². The van der Waals surface area contributed by atoms with Crippen molar-refractivity contribution in [1.82, 2.24) is 4.90 Å². The minimum Gasteiger partial charge on any atom is -0.465 e.